The highest BCUT2D eigenvalue weighted by molar-refractivity contribution is 9.12. The molecule has 0 aliphatic carbocycles. The van der Waals surface area contributed by atoms with Crippen molar-refractivity contribution in [3.63, 3.8) is 0 Å². The average molecular weight is 310 g/mol. The number of hydrogen-bond donors (Lipinski definition) is 1. The van der Waals surface area contributed by atoms with Crippen LogP contribution in [0.2, 0.25) is 0 Å². The summed E-state index contributed by atoms with van der Waals surface area (Å²) in [4.78, 5) is 1.85. The maximum atomic E-state index is 13.9. The minimum Gasteiger partial charge on any atom is -0.507 e. The van der Waals surface area contributed by atoms with Crippen molar-refractivity contribution in [2.75, 3.05) is 6.54 Å². The SMILES string of the molecule is C=C1C(Br)=CC=C(c2c(O)cccc2F)N1CC. The lowest BCUT2D eigenvalue weighted by Crippen LogP contribution is -2.23. The van der Waals surface area contributed by atoms with Crippen LogP contribution in [0, 0.1) is 5.82 Å². The lowest BCUT2D eigenvalue weighted by atomic mass is 10.1. The molecule has 1 aromatic rings. The van der Waals surface area contributed by atoms with E-state index in [4.69, 9.17) is 0 Å². The molecule has 18 heavy (non-hydrogen) atoms. The molecule has 0 amide bonds. The fraction of sp³-hybridized carbons (Fsp3) is 0.143. The Morgan fingerprint density at radius 3 is 2.72 bits per heavy atom. The van der Waals surface area contributed by atoms with Gasteiger partial charge in [-0.25, -0.2) is 4.39 Å². The van der Waals surface area contributed by atoms with E-state index in [9.17, 15) is 9.50 Å². The van der Waals surface area contributed by atoms with Crippen molar-refractivity contribution < 1.29 is 9.50 Å². The summed E-state index contributed by atoms with van der Waals surface area (Å²) in [6, 6.07) is 4.29. The van der Waals surface area contributed by atoms with Crippen molar-refractivity contribution in [2.24, 2.45) is 0 Å². The van der Waals surface area contributed by atoms with Gasteiger partial charge in [-0.15, -0.1) is 0 Å². The second-order valence-corrected chi connectivity index (χ2v) is 4.75. The highest BCUT2D eigenvalue weighted by Gasteiger charge is 2.22. The van der Waals surface area contributed by atoms with E-state index >= 15 is 0 Å². The van der Waals surface area contributed by atoms with Gasteiger partial charge in [0.05, 0.1) is 11.3 Å². The summed E-state index contributed by atoms with van der Waals surface area (Å²) in [7, 11) is 0. The molecule has 0 saturated carbocycles. The average Bonchev–Trinajstić information content (AvgIpc) is 2.33. The van der Waals surface area contributed by atoms with Crippen LogP contribution in [0.3, 0.4) is 0 Å². The number of rotatable bonds is 2. The van der Waals surface area contributed by atoms with Gasteiger partial charge in [0.1, 0.15) is 11.6 Å². The Bertz CT molecular complexity index is 543. The van der Waals surface area contributed by atoms with Gasteiger partial charge in [0.2, 0.25) is 0 Å². The molecule has 0 atom stereocenters. The fourth-order valence-electron chi connectivity index (χ4n) is 1.96. The number of hydrogen-bond acceptors (Lipinski definition) is 2. The van der Waals surface area contributed by atoms with E-state index in [-0.39, 0.29) is 11.3 Å². The molecule has 0 saturated heterocycles. The maximum Gasteiger partial charge on any atom is 0.136 e. The molecule has 0 spiro atoms. The van der Waals surface area contributed by atoms with Gasteiger partial charge in [-0.05, 0) is 47.1 Å². The first-order valence-corrected chi connectivity index (χ1v) is 6.37. The standard InChI is InChI=1S/C14H13BrFNO/c1-3-17-9(2)10(15)7-8-12(17)14-11(16)5-4-6-13(14)18/h4-8,18H,2-3H2,1H3. The van der Waals surface area contributed by atoms with Crippen molar-refractivity contribution in [3.8, 4) is 5.75 Å². The van der Waals surface area contributed by atoms with E-state index in [1.54, 1.807) is 12.2 Å². The Balaban J connectivity index is 2.59. The van der Waals surface area contributed by atoms with Crippen molar-refractivity contribution >= 4 is 21.6 Å². The number of allylic oxidation sites excluding steroid dienone is 3. The molecule has 1 aliphatic heterocycles. The van der Waals surface area contributed by atoms with Crippen LogP contribution < -0.4 is 0 Å². The summed E-state index contributed by atoms with van der Waals surface area (Å²) in [6.45, 7) is 6.54. The largest absolute Gasteiger partial charge is 0.507 e. The number of aromatic hydroxyl groups is 1. The molecular formula is C14H13BrFNO. The molecule has 2 nitrogen and oxygen atoms in total. The van der Waals surface area contributed by atoms with Gasteiger partial charge in [-0.1, -0.05) is 12.6 Å². The van der Waals surface area contributed by atoms with Crippen LogP contribution in [0.4, 0.5) is 4.39 Å². The zero-order chi connectivity index (χ0) is 13.3. The fourth-order valence-corrected chi connectivity index (χ4v) is 2.30. The number of halogens is 2. The van der Waals surface area contributed by atoms with E-state index in [1.165, 1.54) is 18.2 Å². The van der Waals surface area contributed by atoms with E-state index < -0.39 is 5.82 Å². The molecule has 1 N–H and O–H groups in total. The maximum absolute atomic E-state index is 13.9. The molecule has 94 valence electrons. The van der Waals surface area contributed by atoms with Gasteiger partial charge in [-0.2, -0.15) is 0 Å². The Morgan fingerprint density at radius 1 is 1.39 bits per heavy atom. The normalized spacial score (nSPS) is 15.5. The Kier molecular flexibility index (Phi) is 3.57. The zero-order valence-corrected chi connectivity index (χ0v) is 11.5. The summed E-state index contributed by atoms with van der Waals surface area (Å²) >= 11 is 3.39. The van der Waals surface area contributed by atoms with Gasteiger partial charge >= 0.3 is 0 Å². The quantitative estimate of drug-likeness (QED) is 0.892. The van der Waals surface area contributed by atoms with Gasteiger partial charge in [-0.3, -0.25) is 0 Å². The van der Waals surface area contributed by atoms with Gasteiger partial charge < -0.3 is 10.0 Å². The lowest BCUT2D eigenvalue weighted by molar-refractivity contribution is 0.457. The minimum atomic E-state index is -0.445. The molecule has 0 radical (unpaired) electrons. The highest BCUT2D eigenvalue weighted by Crippen LogP contribution is 2.37. The van der Waals surface area contributed by atoms with Crippen LogP contribution in [0.15, 0.2) is 47.1 Å². The van der Waals surface area contributed by atoms with Gasteiger partial charge in [0, 0.05) is 16.7 Å². The molecule has 0 aromatic heterocycles. The molecule has 1 aliphatic rings. The number of nitrogens with zero attached hydrogens (tertiary/aromatic N) is 1. The van der Waals surface area contributed by atoms with Crippen LogP contribution in [-0.2, 0) is 0 Å². The summed E-state index contributed by atoms with van der Waals surface area (Å²) < 4.78 is 14.7. The van der Waals surface area contributed by atoms with Crippen molar-refractivity contribution in [1.82, 2.24) is 4.90 Å². The topological polar surface area (TPSA) is 23.5 Å². The molecule has 2 rings (SSSR count). The van der Waals surface area contributed by atoms with Crippen LogP contribution in [0.5, 0.6) is 5.75 Å². The summed E-state index contributed by atoms with van der Waals surface area (Å²) in [5.41, 5.74) is 1.57. The monoisotopic (exact) mass is 309 g/mol. The second-order valence-electron chi connectivity index (χ2n) is 3.89. The molecule has 0 fully saturated rings. The van der Waals surface area contributed by atoms with E-state index in [0.717, 1.165) is 10.2 Å². The Hall–Kier alpha value is -1.55. The van der Waals surface area contributed by atoms with E-state index in [2.05, 4.69) is 22.5 Å². The van der Waals surface area contributed by atoms with Crippen LogP contribution in [-0.4, -0.2) is 16.6 Å². The number of benzene rings is 1. The number of phenolic OH excluding ortho intramolecular Hbond substituents is 1. The molecular weight excluding hydrogens is 297 g/mol. The van der Waals surface area contributed by atoms with Crippen molar-refractivity contribution in [1.29, 1.82) is 0 Å². The number of phenols is 1. The van der Waals surface area contributed by atoms with Gasteiger partial charge in [0.25, 0.3) is 0 Å². The predicted molar refractivity (Wildman–Crippen MR) is 74.6 cm³/mol. The molecule has 0 bridgehead atoms. The first kappa shape index (κ1) is 12.9. The third-order valence-electron chi connectivity index (χ3n) is 2.84. The first-order chi connectivity index (χ1) is 8.56. The third kappa shape index (κ3) is 2.08. The molecule has 4 heteroatoms. The molecule has 0 unspecified atom stereocenters. The summed E-state index contributed by atoms with van der Waals surface area (Å²) in [6.07, 6.45) is 3.57. The smallest absolute Gasteiger partial charge is 0.136 e. The minimum absolute atomic E-state index is 0.0704. The van der Waals surface area contributed by atoms with E-state index in [1.807, 2.05) is 11.8 Å². The second kappa shape index (κ2) is 4.98. The molecule has 1 heterocycles. The predicted octanol–water partition coefficient (Wildman–Crippen LogP) is 4.00. The number of likely N-dealkylation sites (N-methyl/N-ethyl adjacent to an activating group) is 1. The van der Waals surface area contributed by atoms with Gasteiger partial charge in [0.15, 0.2) is 0 Å². The van der Waals surface area contributed by atoms with Crippen LogP contribution in [0.1, 0.15) is 12.5 Å². The summed E-state index contributed by atoms with van der Waals surface area (Å²) in [5, 5.41) is 9.84. The van der Waals surface area contributed by atoms with Crippen molar-refractivity contribution in [2.45, 2.75) is 6.92 Å². The highest BCUT2D eigenvalue weighted by atomic mass is 79.9. The lowest BCUT2D eigenvalue weighted by Gasteiger charge is -2.31. The molecule has 1 aromatic carbocycles. The summed E-state index contributed by atoms with van der Waals surface area (Å²) in [5.74, 6) is -0.516. The van der Waals surface area contributed by atoms with Crippen LogP contribution >= 0.6 is 15.9 Å². The first-order valence-electron chi connectivity index (χ1n) is 5.58. The van der Waals surface area contributed by atoms with Crippen LogP contribution in [0.25, 0.3) is 5.70 Å². The zero-order valence-electron chi connectivity index (χ0n) is 9.95. The Labute approximate surface area is 114 Å². The third-order valence-corrected chi connectivity index (χ3v) is 3.57. The van der Waals surface area contributed by atoms with Crippen molar-refractivity contribution in [3.05, 3.63) is 58.5 Å². The van der Waals surface area contributed by atoms with E-state index in [0.29, 0.717) is 12.2 Å². The Morgan fingerprint density at radius 2 is 2.11 bits per heavy atom.